The van der Waals surface area contributed by atoms with Crippen molar-refractivity contribution in [3.63, 3.8) is 0 Å². The molecule has 2 rings (SSSR count). The SMILES string of the molecule is CCCOc1c(C)cc(C)c(OCOC(=O)C(C)(C)C)c1C=CC(=O)c1ccc(OCOC(=O)C(C)(C)C)cc1. The van der Waals surface area contributed by atoms with E-state index >= 15 is 0 Å². The first kappa shape index (κ1) is 32.4. The highest BCUT2D eigenvalue weighted by molar-refractivity contribution is 6.07. The number of allylic oxidation sites excluding steroid dienone is 1. The molecule has 40 heavy (non-hydrogen) atoms. The summed E-state index contributed by atoms with van der Waals surface area (Å²) >= 11 is 0. The Balaban J connectivity index is 2.23. The number of carbonyl (C=O) groups is 3. The van der Waals surface area contributed by atoms with E-state index in [1.165, 1.54) is 6.08 Å². The Morgan fingerprint density at radius 1 is 0.750 bits per heavy atom. The van der Waals surface area contributed by atoms with Gasteiger partial charge >= 0.3 is 11.9 Å². The van der Waals surface area contributed by atoms with E-state index in [9.17, 15) is 14.4 Å². The van der Waals surface area contributed by atoms with Crippen LogP contribution in [0.4, 0.5) is 0 Å². The van der Waals surface area contributed by atoms with Gasteiger partial charge in [-0.3, -0.25) is 14.4 Å². The average molecular weight is 555 g/mol. The van der Waals surface area contributed by atoms with Gasteiger partial charge in [0.1, 0.15) is 17.2 Å². The molecular formula is C32H42O8. The summed E-state index contributed by atoms with van der Waals surface area (Å²) in [6, 6.07) is 8.47. The zero-order valence-corrected chi connectivity index (χ0v) is 25.1. The lowest BCUT2D eigenvalue weighted by Gasteiger charge is -2.20. The second kappa shape index (κ2) is 14.0. The second-order valence-corrected chi connectivity index (χ2v) is 11.5. The van der Waals surface area contributed by atoms with Crippen molar-refractivity contribution in [1.29, 1.82) is 0 Å². The maximum absolute atomic E-state index is 13.0. The van der Waals surface area contributed by atoms with Crippen LogP contribution in [0, 0.1) is 24.7 Å². The molecule has 0 aliphatic carbocycles. The van der Waals surface area contributed by atoms with E-state index in [1.54, 1.807) is 71.9 Å². The summed E-state index contributed by atoms with van der Waals surface area (Å²) in [5, 5.41) is 0. The molecule has 0 N–H and O–H groups in total. The van der Waals surface area contributed by atoms with Crippen LogP contribution in [0.5, 0.6) is 17.2 Å². The molecule has 8 nitrogen and oxygen atoms in total. The molecule has 0 aromatic heterocycles. The topological polar surface area (TPSA) is 97.4 Å². The van der Waals surface area contributed by atoms with Crippen LogP contribution in [-0.2, 0) is 19.1 Å². The zero-order valence-electron chi connectivity index (χ0n) is 25.1. The van der Waals surface area contributed by atoms with Gasteiger partial charge in [0.05, 0.1) is 23.0 Å². The highest BCUT2D eigenvalue weighted by Crippen LogP contribution is 2.37. The van der Waals surface area contributed by atoms with E-state index < -0.39 is 10.8 Å². The molecule has 0 bridgehead atoms. The average Bonchev–Trinajstić information content (AvgIpc) is 2.87. The Kier molecular flexibility index (Phi) is 11.3. The largest absolute Gasteiger partial charge is 0.493 e. The van der Waals surface area contributed by atoms with Gasteiger partial charge in [0.15, 0.2) is 5.78 Å². The fourth-order valence-corrected chi connectivity index (χ4v) is 3.42. The third kappa shape index (κ3) is 9.43. The number of carbonyl (C=O) groups excluding carboxylic acids is 3. The van der Waals surface area contributed by atoms with Crippen molar-refractivity contribution in [2.45, 2.75) is 68.7 Å². The summed E-state index contributed by atoms with van der Waals surface area (Å²) in [6.45, 7) is 16.4. The van der Waals surface area contributed by atoms with Gasteiger partial charge in [-0.15, -0.1) is 0 Å². The van der Waals surface area contributed by atoms with Crippen molar-refractivity contribution < 1.29 is 38.1 Å². The van der Waals surface area contributed by atoms with E-state index in [1.807, 2.05) is 26.8 Å². The lowest BCUT2D eigenvalue weighted by atomic mass is 9.97. The molecule has 0 saturated carbocycles. The minimum atomic E-state index is -0.659. The van der Waals surface area contributed by atoms with Crippen LogP contribution in [-0.4, -0.2) is 37.9 Å². The summed E-state index contributed by atoms with van der Waals surface area (Å²) in [5.74, 6) is 0.544. The van der Waals surface area contributed by atoms with Crippen molar-refractivity contribution in [2.75, 3.05) is 20.2 Å². The molecule has 0 aliphatic heterocycles. The summed E-state index contributed by atoms with van der Waals surface area (Å²) in [5.41, 5.74) is 1.46. The quantitative estimate of drug-likeness (QED) is 0.122. The molecule has 8 heteroatoms. The molecule has 0 fully saturated rings. The molecule has 0 amide bonds. The van der Waals surface area contributed by atoms with Gasteiger partial charge in [-0.1, -0.05) is 6.92 Å². The predicted molar refractivity (Wildman–Crippen MR) is 154 cm³/mol. The molecule has 0 saturated heterocycles. The molecule has 2 aromatic carbocycles. The first-order chi connectivity index (χ1) is 18.6. The van der Waals surface area contributed by atoms with Gasteiger partial charge in [0.25, 0.3) is 0 Å². The van der Waals surface area contributed by atoms with Crippen LogP contribution >= 0.6 is 0 Å². The molecule has 0 unspecified atom stereocenters. The van der Waals surface area contributed by atoms with E-state index in [2.05, 4.69) is 0 Å². The van der Waals surface area contributed by atoms with Crippen LogP contribution in [0.15, 0.2) is 36.4 Å². The highest BCUT2D eigenvalue weighted by Gasteiger charge is 2.24. The molecular weight excluding hydrogens is 512 g/mol. The maximum atomic E-state index is 13.0. The lowest BCUT2D eigenvalue weighted by Crippen LogP contribution is -2.24. The number of benzene rings is 2. The van der Waals surface area contributed by atoms with E-state index in [0.29, 0.717) is 35.0 Å². The standard InChI is InChI=1S/C32H42O8/c1-10-17-36-27-21(2)18-22(3)28(38-20-40-30(35)32(7,8)9)25(27)15-16-26(33)23-11-13-24(14-12-23)37-19-39-29(34)31(4,5)6/h11-16,18H,10,17,19-20H2,1-9H3. The summed E-state index contributed by atoms with van der Waals surface area (Å²) in [4.78, 5) is 37.1. The summed E-state index contributed by atoms with van der Waals surface area (Å²) in [6.07, 6.45) is 3.91. The van der Waals surface area contributed by atoms with Gasteiger partial charge < -0.3 is 23.7 Å². The fourth-order valence-electron chi connectivity index (χ4n) is 3.42. The Bertz CT molecular complexity index is 1210. The summed E-state index contributed by atoms with van der Waals surface area (Å²) < 4.78 is 27.8. The number of ether oxygens (including phenoxy) is 5. The molecule has 0 spiro atoms. The number of hydrogen-bond acceptors (Lipinski definition) is 8. The number of rotatable bonds is 12. The normalized spacial score (nSPS) is 11.7. The van der Waals surface area contributed by atoms with Crippen molar-refractivity contribution >= 4 is 23.8 Å². The van der Waals surface area contributed by atoms with E-state index in [0.717, 1.165) is 17.5 Å². The van der Waals surface area contributed by atoms with Crippen LogP contribution in [0.25, 0.3) is 6.08 Å². The smallest absolute Gasteiger partial charge is 0.314 e. The molecule has 218 valence electrons. The molecule has 2 aromatic rings. The molecule has 0 aliphatic rings. The Hall–Kier alpha value is -3.81. The fraction of sp³-hybridized carbons (Fsp3) is 0.469. The predicted octanol–water partition coefficient (Wildman–Crippen LogP) is 6.84. The number of aryl methyl sites for hydroxylation is 2. The van der Waals surface area contributed by atoms with Crippen molar-refractivity contribution in [2.24, 2.45) is 10.8 Å². The Morgan fingerprint density at radius 2 is 1.25 bits per heavy atom. The minimum Gasteiger partial charge on any atom is -0.493 e. The Morgan fingerprint density at radius 3 is 1.75 bits per heavy atom. The maximum Gasteiger partial charge on any atom is 0.314 e. The number of ketones is 1. The zero-order chi connectivity index (χ0) is 30.1. The third-order valence-electron chi connectivity index (χ3n) is 5.66. The van der Waals surface area contributed by atoms with Crippen LogP contribution in [0.3, 0.4) is 0 Å². The number of esters is 2. The van der Waals surface area contributed by atoms with Gasteiger partial charge in [-0.25, -0.2) is 0 Å². The monoisotopic (exact) mass is 554 g/mol. The van der Waals surface area contributed by atoms with Crippen LogP contribution in [0.2, 0.25) is 0 Å². The first-order valence-electron chi connectivity index (χ1n) is 13.3. The highest BCUT2D eigenvalue weighted by atomic mass is 16.7. The molecule has 0 atom stereocenters. The van der Waals surface area contributed by atoms with Crippen molar-refractivity contribution in [3.8, 4) is 17.2 Å². The van der Waals surface area contributed by atoms with Gasteiger partial charge in [-0.05, 0) is 115 Å². The lowest BCUT2D eigenvalue weighted by molar-refractivity contribution is -0.160. The van der Waals surface area contributed by atoms with Gasteiger partial charge in [0, 0.05) is 5.56 Å². The van der Waals surface area contributed by atoms with Gasteiger partial charge in [-0.2, -0.15) is 0 Å². The van der Waals surface area contributed by atoms with Gasteiger partial charge in [0.2, 0.25) is 13.6 Å². The third-order valence-corrected chi connectivity index (χ3v) is 5.66. The van der Waals surface area contributed by atoms with E-state index in [-0.39, 0.29) is 31.3 Å². The second-order valence-electron chi connectivity index (χ2n) is 11.5. The first-order valence-corrected chi connectivity index (χ1v) is 13.3. The van der Waals surface area contributed by atoms with Crippen LogP contribution < -0.4 is 14.2 Å². The van der Waals surface area contributed by atoms with Crippen LogP contribution in [0.1, 0.15) is 81.9 Å². The Labute approximate surface area is 237 Å². The van der Waals surface area contributed by atoms with Crippen molar-refractivity contribution in [3.05, 3.63) is 58.7 Å². The van der Waals surface area contributed by atoms with E-state index in [4.69, 9.17) is 23.7 Å². The summed E-state index contributed by atoms with van der Waals surface area (Å²) in [7, 11) is 0. The molecule has 0 heterocycles. The number of hydrogen-bond donors (Lipinski definition) is 0. The minimum absolute atomic E-state index is 0.218. The molecule has 0 radical (unpaired) electrons. The van der Waals surface area contributed by atoms with Crippen molar-refractivity contribution in [1.82, 2.24) is 0 Å².